The molecule has 1 aliphatic heterocycles. The van der Waals surface area contributed by atoms with E-state index >= 15 is 0 Å². The van der Waals surface area contributed by atoms with Gasteiger partial charge >= 0.3 is 0 Å². The number of nitro groups is 1. The Labute approximate surface area is 192 Å². The van der Waals surface area contributed by atoms with E-state index in [0.717, 1.165) is 16.8 Å². The topological polar surface area (TPSA) is 115 Å². The van der Waals surface area contributed by atoms with Gasteiger partial charge in [-0.3, -0.25) is 20.2 Å². The fraction of sp³-hybridized carbons (Fsp3) is 0.0417. The van der Waals surface area contributed by atoms with Crippen LogP contribution in [0.15, 0.2) is 84.9 Å². The van der Waals surface area contributed by atoms with Crippen LogP contribution in [-0.2, 0) is 0 Å². The summed E-state index contributed by atoms with van der Waals surface area (Å²) in [7, 11) is 0. The number of amides is 1. The highest BCUT2D eigenvalue weighted by atomic mass is 19.1. The van der Waals surface area contributed by atoms with Crippen molar-refractivity contribution in [1.82, 2.24) is 14.8 Å². The van der Waals surface area contributed by atoms with Gasteiger partial charge in [-0.25, -0.2) is 9.07 Å². The second kappa shape index (κ2) is 8.58. The zero-order valence-corrected chi connectivity index (χ0v) is 17.6. The number of fused-ring (bicyclic) bond motifs is 1. The van der Waals surface area contributed by atoms with Crippen molar-refractivity contribution in [2.45, 2.75) is 6.04 Å². The van der Waals surface area contributed by atoms with E-state index in [-0.39, 0.29) is 23.0 Å². The van der Waals surface area contributed by atoms with Gasteiger partial charge in [0.05, 0.1) is 4.92 Å². The molecule has 4 aromatic rings. The van der Waals surface area contributed by atoms with E-state index in [9.17, 15) is 19.3 Å². The van der Waals surface area contributed by atoms with Gasteiger partial charge in [-0.2, -0.15) is 4.98 Å². The summed E-state index contributed by atoms with van der Waals surface area (Å²) in [5.41, 5.74) is 2.39. The number of nitro benzene ring substituents is 1. The summed E-state index contributed by atoms with van der Waals surface area (Å²) < 4.78 is 15.1. The summed E-state index contributed by atoms with van der Waals surface area (Å²) >= 11 is 0. The molecule has 1 aliphatic rings. The molecule has 168 valence electrons. The van der Waals surface area contributed by atoms with E-state index in [0.29, 0.717) is 5.95 Å². The van der Waals surface area contributed by atoms with Crippen LogP contribution in [0, 0.1) is 15.9 Å². The third-order valence-electron chi connectivity index (χ3n) is 5.31. The standard InChI is InChI=1S/C24H17FN6O3/c25-18-11-9-16(10-12-18)21-14-20(15-5-2-1-3-6-15)26-24-28-23(29-30(21)24)27-22(32)17-7-4-8-19(13-17)31(33)34/h1-14,21H,(H2,26,27,28,29,32)/t21-/m0/s1. The number of rotatable bonds is 5. The zero-order chi connectivity index (χ0) is 23.7. The van der Waals surface area contributed by atoms with Gasteiger partial charge in [0.25, 0.3) is 17.5 Å². The van der Waals surface area contributed by atoms with E-state index in [4.69, 9.17) is 0 Å². The third-order valence-corrected chi connectivity index (χ3v) is 5.31. The quantitative estimate of drug-likeness (QED) is 0.334. The van der Waals surface area contributed by atoms with E-state index in [2.05, 4.69) is 20.7 Å². The number of non-ortho nitro benzene ring substituents is 1. The van der Waals surface area contributed by atoms with Gasteiger partial charge < -0.3 is 5.32 Å². The van der Waals surface area contributed by atoms with Crippen LogP contribution in [0.4, 0.5) is 22.0 Å². The smallest absolute Gasteiger partial charge is 0.270 e. The van der Waals surface area contributed by atoms with Gasteiger partial charge in [-0.1, -0.05) is 48.5 Å². The summed E-state index contributed by atoms with van der Waals surface area (Å²) in [6.45, 7) is 0. The molecule has 2 N–H and O–H groups in total. The highest BCUT2D eigenvalue weighted by Crippen LogP contribution is 2.33. The lowest BCUT2D eigenvalue weighted by Gasteiger charge is -2.24. The molecule has 0 unspecified atom stereocenters. The molecule has 0 fully saturated rings. The van der Waals surface area contributed by atoms with Crippen LogP contribution in [0.1, 0.15) is 27.5 Å². The predicted octanol–water partition coefficient (Wildman–Crippen LogP) is 4.63. The normalized spacial score (nSPS) is 14.5. The van der Waals surface area contributed by atoms with Crippen LogP contribution in [0.5, 0.6) is 0 Å². The molecule has 3 aromatic carbocycles. The van der Waals surface area contributed by atoms with Crippen LogP contribution in [-0.4, -0.2) is 25.6 Å². The van der Waals surface area contributed by atoms with Crippen LogP contribution in [0.25, 0.3) is 5.70 Å². The Kier molecular flexibility index (Phi) is 5.30. The number of hydrogen-bond donors (Lipinski definition) is 2. The van der Waals surface area contributed by atoms with Gasteiger partial charge in [0.1, 0.15) is 11.9 Å². The maximum absolute atomic E-state index is 13.5. The first kappa shape index (κ1) is 21.0. The van der Waals surface area contributed by atoms with Gasteiger partial charge in [0, 0.05) is 23.4 Å². The van der Waals surface area contributed by atoms with Crippen molar-refractivity contribution in [3.63, 3.8) is 0 Å². The molecule has 1 aromatic heterocycles. The van der Waals surface area contributed by atoms with E-state index < -0.39 is 16.9 Å². The fourth-order valence-electron chi connectivity index (χ4n) is 3.66. The second-order valence-electron chi connectivity index (χ2n) is 7.53. The van der Waals surface area contributed by atoms with Crippen molar-refractivity contribution in [2.75, 3.05) is 10.6 Å². The molecule has 10 heteroatoms. The maximum Gasteiger partial charge on any atom is 0.270 e. The number of aromatic nitrogens is 3. The molecule has 9 nitrogen and oxygen atoms in total. The first-order valence-electron chi connectivity index (χ1n) is 10.3. The molecule has 34 heavy (non-hydrogen) atoms. The van der Waals surface area contributed by atoms with E-state index in [1.165, 1.54) is 36.4 Å². The van der Waals surface area contributed by atoms with Crippen molar-refractivity contribution >= 4 is 29.2 Å². The van der Waals surface area contributed by atoms with E-state index in [1.54, 1.807) is 16.8 Å². The van der Waals surface area contributed by atoms with Gasteiger partial charge in [0.15, 0.2) is 0 Å². The van der Waals surface area contributed by atoms with Crippen molar-refractivity contribution in [2.24, 2.45) is 0 Å². The molecular formula is C24H17FN6O3. The molecule has 0 aliphatic carbocycles. The van der Waals surface area contributed by atoms with Gasteiger partial charge in [0.2, 0.25) is 5.95 Å². The predicted molar refractivity (Wildman–Crippen MR) is 124 cm³/mol. The largest absolute Gasteiger partial charge is 0.324 e. The average molecular weight is 456 g/mol. The Bertz CT molecular complexity index is 1420. The minimum atomic E-state index is -0.582. The highest BCUT2D eigenvalue weighted by molar-refractivity contribution is 6.03. The highest BCUT2D eigenvalue weighted by Gasteiger charge is 2.26. The van der Waals surface area contributed by atoms with Crippen LogP contribution in [0.3, 0.4) is 0 Å². The number of anilines is 2. The van der Waals surface area contributed by atoms with Crippen molar-refractivity contribution in [3.8, 4) is 0 Å². The van der Waals surface area contributed by atoms with Crippen LogP contribution < -0.4 is 10.6 Å². The Balaban J connectivity index is 1.49. The molecule has 5 rings (SSSR count). The average Bonchev–Trinajstić information content (AvgIpc) is 3.27. The van der Waals surface area contributed by atoms with Gasteiger partial charge in [-0.05, 0) is 35.4 Å². The van der Waals surface area contributed by atoms with Crippen molar-refractivity contribution < 1.29 is 14.1 Å². The Morgan fingerprint density at radius 3 is 2.56 bits per heavy atom. The number of carbonyl (C=O) groups is 1. The molecular weight excluding hydrogens is 439 g/mol. The van der Waals surface area contributed by atoms with Gasteiger partial charge in [-0.15, -0.1) is 5.10 Å². The Morgan fingerprint density at radius 1 is 1.06 bits per heavy atom. The van der Waals surface area contributed by atoms with Crippen molar-refractivity contribution in [3.05, 3.63) is 118 Å². The monoisotopic (exact) mass is 456 g/mol. The minimum Gasteiger partial charge on any atom is -0.324 e. The number of benzene rings is 3. The summed E-state index contributed by atoms with van der Waals surface area (Å²) in [6, 6.07) is 20.7. The lowest BCUT2D eigenvalue weighted by atomic mass is 10.0. The molecule has 1 atom stereocenters. The summed E-state index contributed by atoms with van der Waals surface area (Å²) in [6.07, 6.45) is 1.94. The number of carbonyl (C=O) groups excluding carboxylic acids is 1. The number of hydrogen-bond acceptors (Lipinski definition) is 6. The molecule has 0 radical (unpaired) electrons. The zero-order valence-electron chi connectivity index (χ0n) is 17.6. The Hall–Kier alpha value is -4.86. The first-order chi connectivity index (χ1) is 16.5. The molecule has 2 heterocycles. The SMILES string of the molecule is O=C(Nc1nc2n(n1)[C@H](c1ccc(F)cc1)C=C(c1ccccc1)N2)c1cccc([N+](=O)[O-])c1. The number of nitrogens with one attached hydrogen (secondary N) is 2. The summed E-state index contributed by atoms with van der Waals surface area (Å²) in [5, 5.41) is 21.2. The van der Waals surface area contributed by atoms with Crippen LogP contribution >= 0.6 is 0 Å². The molecule has 0 saturated carbocycles. The third kappa shape index (κ3) is 4.11. The lowest BCUT2D eigenvalue weighted by molar-refractivity contribution is -0.384. The maximum atomic E-state index is 13.5. The molecule has 0 spiro atoms. The van der Waals surface area contributed by atoms with E-state index in [1.807, 2.05) is 36.4 Å². The number of nitrogens with zero attached hydrogens (tertiary/aromatic N) is 4. The van der Waals surface area contributed by atoms with Crippen LogP contribution in [0.2, 0.25) is 0 Å². The molecule has 1 amide bonds. The minimum absolute atomic E-state index is 0.0221. The lowest BCUT2D eigenvalue weighted by Crippen LogP contribution is -2.20. The second-order valence-corrected chi connectivity index (χ2v) is 7.53. The fourth-order valence-corrected chi connectivity index (χ4v) is 3.66. The number of halogens is 1. The molecule has 0 bridgehead atoms. The number of allylic oxidation sites excluding steroid dienone is 1. The molecule has 0 saturated heterocycles. The van der Waals surface area contributed by atoms with Crippen molar-refractivity contribution in [1.29, 1.82) is 0 Å². The summed E-state index contributed by atoms with van der Waals surface area (Å²) in [4.78, 5) is 27.5. The first-order valence-corrected chi connectivity index (χ1v) is 10.3. The summed E-state index contributed by atoms with van der Waals surface area (Å²) in [5.74, 6) is -0.534. The Morgan fingerprint density at radius 2 is 1.82 bits per heavy atom.